The molecule has 0 nitrogen and oxygen atoms in total. The van der Waals surface area contributed by atoms with Crippen molar-refractivity contribution in [3.8, 4) is 0 Å². The van der Waals surface area contributed by atoms with Crippen molar-refractivity contribution in [3.63, 3.8) is 0 Å². The van der Waals surface area contributed by atoms with Crippen molar-refractivity contribution < 1.29 is 0 Å². The van der Waals surface area contributed by atoms with E-state index in [-0.39, 0.29) is 0 Å². The van der Waals surface area contributed by atoms with Crippen LogP contribution in [0.4, 0.5) is 0 Å². The van der Waals surface area contributed by atoms with Gasteiger partial charge in [-0.05, 0) is 80.4 Å². The van der Waals surface area contributed by atoms with Gasteiger partial charge in [0.2, 0.25) is 0 Å². The first-order valence-electron chi connectivity index (χ1n) is 6.88. The van der Waals surface area contributed by atoms with Gasteiger partial charge in [0.25, 0.3) is 0 Å². The monoisotopic (exact) mass is 582 g/mol. The average Bonchev–Trinajstić information content (AvgIpc) is 3.33. The van der Waals surface area contributed by atoms with Gasteiger partial charge in [0.15, 0.2) is 0 Å². The second-order valence-electron chi connectivity index (χ2n) is 4.57. The number of hydrogen-bond acceptors (Lipinski definition) is 7. The van der Waals surface area contributed by atoms with Crippen LogP contribution in [0.15, 0.2) is 81.4 Å². The van der Waals surface area contributed by atoms with E-state index in [0.717, 1.165) is 0 Å². The fourth-order valence-electron chi connectivity index (χ4n) is 1.83. The molecule has 0 saturated heterocycles. The van der Waals surface area contributed by atoms with Gasteiger partial charge in [0, 0.05) is 0 Å². The molecule has 0 fully saturated rings. The van der Waals surface area contributed by atoms with Crippen LogP contribution >= 0.6 is 112 Å². The molecule has 0 aliphatic rings. The third-order valence-electron chi connectivity index (χ3n) is 2.81. The van der Waals surface area contributed by atoms with Crippen LogP contribution in [0.1, 0.15) is 0 Å². The van der Waals surface area contributed by atoms with Crippen molar-refractivity contribution >= 4 is 112 Å². The lowest BCUT2D eigenvalue weighted by Gasteiger charge is -1.94. The molecular formula is C16H8Br2S7. The summed E-state index contributed by atoms with van der Waals surface area (Å²) in [4.78, 5) is 0. The van der Waals surface area contributed by atoms with Crippen LogP contribution in [0.5, 0.6) is 0 Å². The Hall–Kier alpha value is 0.810. The quantitative estimate of drug-likeness (QED) is 0.221. The fourth-order valence-corrected chi connectivity index (χ4v) is 12.1. The topological polar surface area (TPSA) is 0 Å². The maximum Gasteiger partial charge on any atom is 0.0710 e. The minimum absolute atomic E-state index is 1.18. The molecule has 0 atom stereocenters. The highest BCUT2D eigenvalue weighted by Gasteiger charge is 2.09. The smallest absolute Gasteiger partial charge is 0.0710 e. The van der Waals surface area contributed by atoms with Crippen molar-refractivity contribution in [1.29, 1.82) is 0 Å². The van der Waals surface area contributed by atoms with E-state index in [2.05, 4.69) is 80.4 Å². The van der Waals surface area contributed by atoms with Crippen molar-refractivity contribution in [3.05, 3.63) is 56.1 Å². The Morgan fingerprint density at radius 2 is 0.720 bits per heavy atom. The van der Waals surface area contributed by atoms with Gasteiger partial charge in [-0.2, -0.15) is 0 Å². The van der Waals surface area contributed by atoms with Crippen LogP contribution in [0.3, 0.4) is 0 Å². The van der Waals surface area contributed by atoms with Crippen LogP contribution < -0.4 is 0 Å². The highest BCUT2D eigenvalue weighted by Crippen LogP contribution is 2.46. The van der Waals surface area contributed by atoms with Crippen LogP contribution in [-0.4, -0.2) is 0 Å². The van der Waals surface area contributed by atoms with Crippen LogP contribution in [-0.2, 0) is 0 Å². The Morgan fingerprint density at radius 3 is 1.00 bits per heavy atom. The molecule has 0 aliphatic heterocycles. The largest absolute Gasteiger partial charge is 0.122 e. The second kappa shape index (κ2) is 8.87. The molecule has 0 radical (unpaired) electrons. The SMILES string of the molecule is Brc1ccc(Sc2ccc(Sc3ccc(Sc4ccc(Br)s4)s3)s2)s1. The van der Waals surface area contributed by atoms with Crippen molar-refractivity contribution in [1.82, 2.24) is 0 Å². The summed E-state index contributed by atoms with van der Waals surface area (Å²) in [5.74, 6) is 0. The molecule has 0 bridgehead atoms. The van der Waals surface area contributed by atoms with Gasteiger partial charge in [0.1, 0.15) is 0 Å². The van der Waals surface area contributed by atoms with Gasteiger partial charge >= 0.3 is 0 Å². The number of rotatable bonds is 6. The van der Waals surface area contributed by atoms with Gasteiger partial charge in [-0.25, -0.2) is 0 Å². The van der Waals surface area contributed by atoms with Crippen LogP contribution in [0, 0.1) is 0 Å². The molecule has 0 aliphatic carbocycles. The molecule has 4 aromatic heterocycles. The normalized spacial score (nSPS) is 11.3. The third kappa shape index (κ3) is 5.42. The Bertz CT molecular complexity index is 900. The lowest BCUT2D eigenvalue weighted by molar-refractivity contribution is 1.63. The average molecular weight is 585 g/mol. The summed E-state index contributed by atoms with van der Waals surface area (Å²) in [5.41, 5.74) is 0. The molecule has 9 heteroatoms. The standard InChI is InChI=1S/C16H8Br2S7/c17-9-1-3-11(19-9)21-13-5-7-15(23-13)25-16-8-6-14(24-16)22-12-4-2-10(18)20-12/h1-8H. The Balaban J connectivity index is 1.39. The summed E-state index contributed by atoms with van der Waals surface area (Å²) in [5, 5.41) is 0. The van der Waals surface area contributed by atoms with E-state index in [1.165, 1.54) is 32.8 Å². The van der Waals surface area contributed by atoms with E-state index < -0.39 is 0 Å². The number of hydrogen-bond donors (Lipinski definition) is 0. The summed E-state index contributed by atoms with van der Waals surface area (Å²) in [6.07, 6.45) is 0. The zero-order valence-electron chi connectivity index (χ0n) is 12.2. The highest BCUT2D eigenvalue weighted by molar-refractivity contribution is 9.11. The number of thiophene rings is 4. The predicted molar refractivity (Wildman–Crippen MR) is 125 cm³/mol. The molecule has 0 amide bonds. The zero-order valence-corrected chi connectivity index (χ0v) is 21.1. The first kappa shape index (κ1) is 19.1. The molecule has 0 N–H and O–H groups in total. The van der Waals surface area contributed by atoms with Gasteiger partial charge in [-0.1, -0.05) is 35.3 Å². The second-order valence-corrected chi connectivity index (χ2v) is 16.5. The van der Waals surface area contributed by atoms with Gasteiger partial charge in [-0.3, -0.25) is 0 Å². The third-order valence-corrected chi connectivity index (χ3v) is 12.0. The molecule has 0 unspecified atom stereocenters. The Kier molecular flexibility index (Phi) is 6.79. The molecule has 0 aromatic carbocycles. The lowest BCUT2D eigenvalue weighted by atomic mass is 10.7. The van der Waals surface area contributed by atoms with E-state index in [1.807, 2.05) is 58.0 Å². The van der Waals surface area contributed by atoms with Crippen LogP contribution in [0.25, 0.3) is 0 Å². The van der Waals surface area contributed by atoms with E-state index in [1.54, 1.807) is 22.7 Å². The van der Waals surface area contributed by atoms with E-state index >= 15 is 0 Å². The van der Waals surface area contributed by atoms with Gasteiger partial charge in [-0.15, -0.1) is 45.3 Å². The molecule has 4 heterocycles. The van der Waals surface area contributed by atoms with Gasteiger partial charge < -0.3 is 0 Å². The first-order chi connectivity index (χ1) is 12.1. The molecule has 0 saturated carbocycles. The summed E-state index contributed by atoms with van der Waals surface area (Å²) < 4.78 is 10.4. The van der Waals surface area contributed by atoms with E-state index in [0.29, 0.717) is 0 Å². The summed E-state index contributed by atoms with van der Waals surface area (Å²) >= 11 is 19.9. The zero-order chi connectivity index (χ0) is 17.2. The Morgan fingerprint density at radius 1 is 0.440 bits per heavy atom. The minimum atomic E-state index is 1.18. The molecular weight excluding hydrogens is 576 g/mol. The fraction of sp³-hybridized carbons (Fsp3) is 0. The van der Waals surface area contributed by atoms with Gasteiger partial charge in [0.05, 0.1) is 32.8 Å². The number of halogens is 2. The maximum atomic E-state index is 3.52. The first-order valence-corrected chi connectivity index (χ1v) is 14.2. The summed E-state index contributed by atoms with van der Waals surface area (Å²) in [7, 11) is 0. The van der Waals surface area contributed by atoms with E-state index in [9.17, 15) is 0 Å². The predicted octanol–water partition coefficient (Wildman–Crippen LogP) is 9.91. The Labute approximate surface area is 191 Å². The molecule has 25 heavy (non-hydrogen) atoms. The van der Waals surface area contributed by atoms with Crippen LogP contribution in [0.2, 0.25) is 0 Å². The molecule has 0 spiro atoms. The molecule has 4 rings (SSSR count). The van der Waals surface area contributed by atoms with Crippen molar-refractivity contribution in [2.45, 2.75) is 25.3 Å². The van der Waals surface area contributed by atoms with E-state index in [4.69, 9.17) is 0 Å². The molecule has 128 valence electrons. The maximum absolute atomic E-state index is 3.52. The molecule has 4 aromatic rings. The van der Waals surface area contributed by atoms with Crippen molar-refractivity contribution in [2.24, 2.45) is 0 Å². The minimum Gasteiger partial charge on any atom is -0.122 e. The van der Waals surface area contributed by atoms with Crippen molar-refractivity contribution in [2.75, 3.05) is 0 Å². The lowest BCUT2D eigenvalue weighted by Crippen LogP contribution is -1.57. The highest BCUT2D eigenvalue weighted by atomic mass is 79.9. The summed E-state index contributed by atoms with van der Waals surface area (Å²) in [6, 6.07) is 17.4. The summed E-state index contributed by atoms with van der Waals surface area (Å²) in [6.45, 7) is 0.